The maximum absolute atomic E-state index is 11.7. The fourth-order valence-corrected chi connectivity index (χ4v) is 2.11. The number of carbonyl (C=O) groups is 2. The lowest BCUT2D eigenvalue weighted by Gasteiger charge is -2.31. The molecule has 3 N–H and O–H groups in total. The Kier molecular flexibility index (Phi) is 5.24. The number of rotatable bonds is 4. The highest BCUT2D eigenvalue weighted by atomic mass is 16.6. The minimum Gasteiger partial charge on any atom is -0.388 e. The molecule has 1 aromatic carbocycles. The molecular formula is C14H17N3O6. The van der Waals surface area contributed by atoms with Gasteiger partial charge in [0.15, 0.2) is 0 Å². The van der Waals surface area contributed by atoms with E-state index in [1.54, 1.807) is 0 Å². The number of amides is 2. The molecule has 9 nitrogen and oxygen atoms in total. The molecule has 0 unspecified atom stereocenters. The lowest BCUT2D eigenvalue weighted by molar-refractivity contribution is -0.384. The van der Waals surface area contributed by atoms with Gasteiger partial charge in [0.05, 0.1) is 10.5 Å². The summed E-state index contributed by atoms with van der Waals surface area (Å²) < 4.78 is 5.12. The number of ether oxygens (including phenoxy) is 1. The summed E-state index contributed by atoms with van der Waals surface area (Å²) >= 11 is 0. The number of nitrogens with zero attached hydrogens (tertiary/aromatic N) is 1. The number of non-ortho nitro benzene ring substituents is 1. The average molecular weight is 323 g/mol. The molecule has 2 amide bonds. The van der Waals surface area contributed by atoms with Gasteiger partial charge in [0, 0.05) is 50.4 Å². The number of hydrogen-bond donors (Lipinski definition) is 3. The summed E-state index contributed by atoms with van der Waals surface area (Å²) in [7, 11) is 0. The molecule has 0 atom stereocenters. The molecule has 0 spiro atoms. The van der Waals surface area contributed by atoms with E-state index in [0.29, 0.717) is 26.1 Å². The Balaban J connectivity index is 1.84. The summed E-state index contributed by atoms with van der Waals surface area (Å²) in [5.74, 6) is -1.79. The Morgan fingerprint density at radius 1 is 1.22 bits per heavy atom. The molecule has 2 rings (SSSR count). The number of nitro benzene ring substituents is 1. The third-order valence-corrected chi connectivity index (χ3v) is 3.54. The van der Waals surface area contributed by atoms with Crippen LogP contribution >= 0.6 is 0 Å². The Morgan fingerprint density at radius 2 is 1.83 bits per heavy atom. The van der Waals surface area contributed by atoms with Crippen molar-refractivity contribution in [2.24, 2.45) is 0 Å². The lowest BCUT2D eigenvalue weighted by Crippen LogP contribution is -2.48. The first-order valence-electron chi connectivity index (χ1n) is 7.03. The lowest BCUT2D eigenvalue weighted by atomic mass is 9.94. The highest BCUT2D eigenvalue weighted by Crippen LogP contribution is 2.19. The number of benzene rings is 1. The van der Waals surface area contributed by atoms with Gasteiger partial charge in [-0.25, -0.2) is 0 Å². The van der Waals surface area contributed by atoms with Crippen molar-refractivity contribution in [3.05, 3.63) is 34.4 Å². The minimum atomic E-state index is -1.07. The quantitative estimate of drug-likeness (QED) is 0.412. The van der Waals surface area contributed by atoms with Crippen LogP contribution in [0, 0.1) is 10.1 Å². The van der Waals surface area contributed by atoms with Crippen LogP contribution < -0.4 is 10.6 Å². The minimum absolute atomic E-state index is 0.0388. The number of carbonyl (C=O) groups excluding carboxylic acids is 2. The summed E-state index contributed by atoms with van der Waals surface area (Å²) in [6.45, 7) is 0.769. The Labute approximate surface area is 131 Å². The van der Waals surface area contributed by atoms with Crippen molar-refractivity contribution in [2.45, 2.75) is 18.4 Å². The molecule has 9 heteroatoms. The van der Waals surface area contributed by atoms with Gasteiger partial charge in [-0.2, -0.15) is 0 Å². The first-order valence-corrected chi connectivity index (χ1v) is 7.03. The molecule has 0 aliphatic carbocycles. The van der Waals surface area contributed by atoms with Gasteiger partial charge < -0.3 is 20.5 Å². The van der Waals surface area contributed by atoms with Crippen molar-refractivity contribution in [2.75, 3.05) is 25.1 Å². The maximum Gasteiger partial charge on any atom is 0.313 e. The fourth-order valence-electron chi connectivity index (χ4n) is 2.11. The van der Waals surface area contributed by atoms with Gasteiger partial charge in [0.25, 0.3) is 5.69 Å². The van der Waals surface area contributed by atoms with Crippen LogP contribution in [0.3, 0.4) is 0 Å². The summed E-state index contributed by atoms with van der Waals surface area (Å²) in [4.78, 5) is 33.4. The third-order valence-electron chi connectivity index (χ3n) is 3.54. The number of nitrogens with one attached hydrogen (secondary N) is 2. The third kappa shape index (κ3) is 4.73. The maximum atomic E-state index is 11.7. The molecule has 1 fully saturated rings. The van der Waals surface area contributed by atoms with E-state index in [2.05, 4.69) is 10.6 Å². The van der Waals surface area contributed by atoms with Crippen LogP contribution in [-0.4, -0.2) is 47.2 Å². The van der Waals surface area contributed by atoms with Gasteiger partial charge in [0.2, 0.25) is 0 Å². The molecule has 1 aliphatic rings. The van der Waals surface area contributed by atoms with Crippen molar-refractivity contribution >= 4 is 23.2 Å². The van der Waals surface area contributed by atoms with Crippen molar-refractivity contribution in [1.29, 1.82) is 0 Å². The zero-order valence-corrected chi connectivity index (χ0v) is 12.3. The van der Waals surface area contributed by atoms with Gasteiger partial charge in [-0.3, -0.25) is 19.7 Å². The molecule has 0 saturated carbocycles. The summed E-state index contributed by atoms with van der Waals surface area (Å²) in [6, 6.07) is 5.10. The van der Waals surface area contributed by atoms with Gasteiger partial charge in [-0.05, 0) is 12.1 Å². The molecule has 23 heavy (non-hydrogen) atoms. The summed E-state index contributed by atoms with van der Waals surface area (Å²) in [6.07, 6.45) is 0.772. The Hall–Kier alpha value is -2.52. The average Bonchev–Trinajstić information content (AvgIpc) is 2.54. The van der Waals surface area contributed by atoms with E-state index in [9.17, 15) is 24.8 Å². The number of aliphatic hydroxyl groups is 1. The van der Waals surface area contributed by atoms with Crippen molar-refractivity contribution in [3.8, 4) is 0 Å². The first-order chi connectivity index (χ1) is 10.9. The predicted molar refractivity (Wildman–Crippen MR) is 79.7 cm³/mol. The molecule has 0 radical (unpaired) electrons. The van der Waals surface area contributed by atoms with E-state index in [1.807, 2.05) is 0 Å². The second kappa shape index (κ2) is 7.16. The topological polar surface area (TPSA) is 131 Å². The largest absolute Gasteiger partial charge is 0.388 e. The van der Waals surface area contributed by atoms with E-state index in [-0.39, 0.29) is 17.9 Å². The zero-order chi connectivity index (χ0) is 16.9. The van der Waals surface area contributed by atoms with Crippen molar-refractivity contribution in [1.82, 2.24) is 5.32 Å². The van der Waals surface area contributed by atoms with Crippen molar-refractivity contribution < 1.29 is 24.4 Å². The first kappa shape index (κ1) is 16.8. The highest BCUT2D eigenvalue weighted by molar-refractivity contribution is 6.39. The van der Waals surface area contributed by atoms with Gasteiger partial charge in [-0.15, -0.1) is 0 Å². The standard InChI is InChI=1S/C14H17N3O6/c18-12(15-9-14(20)5-7-23-8-6-14)13(19)16-10-1-3-11(4-2-10)17(21)22/h1-4,20H,5-9H2,(H,15,18)(H,16,19). The van der Waals surface area contributed by atoms with Gasteiger partial charge in [-0.1, -0.05) is 0 Å². The molecule has 0 aromatic heterocycles. The Morgan fingerprint density at radius 3 is 2.39 bits per heavy atom. The summed E-state index contributed by atoms with van der Waals surface area (Å²) in [5, 5.41) is 25.4. The van der Waals surface area contributed by atoms with Crippen LogP contribution in [0.5, 0.6) is 0 Å². The van der Waals surface area contributed by atoms with E-state index >= 15 is 0 Å². The van der Waals surface area contributed by atoms with E-state index in [1.165, 1.54) is 24.3 Å². The predicted octanol–water partition coefficient (Wildman–Crippen LogP) is 0.191. The molecule has 1 aliphatic heterocycles. The monoisotopic (exact) mass is 323 g/mol. The molecule has 1 aromatic rings. The Bertz CT molecular complexity index is 595. The summed E-state index contributed by atoms with van der Waals surface area (Å²) in [5.41, 5.74) is -0.920. The van der Waals surface area contributed by atoms with E-state index in [0.717, 1.165) is 0 Å². The molecule has 1 heterocycles. The van der Waals surface area contributed by atoms with E-state index in [4.69, 9.17) is 4.74 Å². The van der Waals surface area contributed by atoms with Crippen LogP contribution in [0.4, 0.5) is 11.4 Å². The zero-order valence-electron chi connectivity index (χ0n) is 12.3. The second-order valence-corrected chi connectivity index (χ2v) is 5.28. The van der Waals surface area contributed by atoms with Gasteiger partial charge >= 0.3 is 11.8 Å². The molecule has 124 valence electrons. The number of hydrogen-bond acceptors (Lipinski definition) is 6. The van der Waals surface area contributed by atoms with Crippen LogP contribution in [0.1, 0.15) is 12.8 Å². The number of nitro groups is 1. The van der Waals surface area contributed by atoms with E-state index < -0.39 is 22.3 Å². The molecular weight excluding hydrogens is 306 g/mol. The van der Waals surface area contributed by atoms with Crippen molar-refractivity contribution in [3.63, 3.8) is 0 Å². The van der Waals surface area contributed by atoms with Gasteiger partial charge in [0.1, 0.15) is 0 Å². The number of anilines is 1. The van der Waals surface area contributed by atoms with Crippen LogP contribution in [0.2, 0.25) is 0 Å². The molecule has 0 bridgehead atoms. The van der Waals surface area contributed by atoms with Crippen LogP contribution in [-0.2, 0) is 14.3 Å². The smallest absolute Gasteiger partial charge is 0.313 e. The van der Waals surface area contributed by atoms with Crippen LogP contribution in [0.15, 0.2) is 24.3 Å². The normalized spacial score (nSPS) is 16.4. The van der Waals surface area contributed by atoms with Crippen LogP contribution in [0.25, 0.3) is 0 Å². The fraction of sp³-hybridized carbons (Fsp3) is 0.429. The highest BCUT2D eigenvalue weighted by Gasteiger charge is 2.30. The second-order valence-electron chi connectivity index (χ2n) is 5.28. The molecule has 1 saturated heterocycles. The SMILES string of the molecule is O=C(NCC1(O)CCOCC1)C(=O)Nc1ccc([N+](=O)[O-])cc1.